The Labute approximate surface area is 127 Å². The number of amides is 1. The van der Waals surface area contributed by atoms with E-state index in [-0.39, 0.29) is 18.1 Å². The summed E-state index contributed by atoms with van der Waals surface area (Å²) in [6, 6.07) is 0. The lowest BCUT2D eigenvalue weighted by molar-refractivity contribution is -0.0587. The molecule has 1 saturated heterocycles. The summed E-state index contributed by atoms with van der Waals surface area (Å²) in [6.07, 6.45) is 3.78. The second-order valence-electron chi connectivity index (χ2n) is 5.41. The van der Waals surface area contributed by atoms with E-state index < -0.39 is 0 Å². The van der Waals surface area contributed by atoms with Gasteiger partial charge in [-0.25, -0.2) is 4.98 Å². The number of nitrogens with zero attached hydrogens (tertiary/aromatic N) is 4. The minimum Gasteiger partial charge on any atom is -0.372 e. The van der Waals surface area contributed by atoms with Crippen LogP contribution in [0.3, 0.4) is 0 Å². The van der Waals surface area contributed by atoms with Crippen molar-refractivity contribution in [2.45, 2.75) is 26.1 Å². The predicted molar refractivity (Wildman–Crippen MR) is 80.2 cm³/mol. The lowest BCUT2D eigenvalue weighted by Gasteiger charge is -2.34. The number of rotatable bonds is 2. The maximum absolute atomic E-state index is 12.5. The van der Waals surface area contributed by atoms with Crippen molar-refractivity contribution in [1.82, 2.24) is 19.7 Å². The monoisotopic (exact) mass is 306 g/mol. The van der Waals surface area contributed by atoms with E-state index >= 15 is 0 Å². The van der Waals surface area contributed by atoms with Crippen molar-refractivity contribution in [3.05, 3.63) is 23.5 Å². The van der Waals surface area contributed by atoms with E-state index in [1.165, 1.54) is 11.3 Å². The molecular formula is C14H18N4O2S. The molecule has 21 heavy (non-hydrogen) atoms. The quantitative estimate of drug-likeness (QED) is 0.849. The van der Waals surface area contributed by atoms with Gasteiger partial charge in [0.15, 0.2) is 0 Å². The SMILES string of the molecule is C[C@@H]1CN(C(=O)c2csc(-c3cnn(C)c3)n2)C[C@@H](C)O1. The molecule has 2 aromatic heterocycles. The third-order valence-corrected chi connectivity index (χ3v) is 4.27. The Morgan fingerprint density at radius 3 is 2.71 bits per heavy atom. The number of carbonyl (C=O) groups is 1. The fraction of sp³-hybridized carbons (Fsp3) is 0.500. The molecule has 3 rings (SSSR count). The number of hydrogen-bond donors (Lipinski definition) is 0. The molecule has 2 atom stereocenters. The molecule has 0 saturated carbocycles. The number of carbonyl (C=O) groups excluding carboxylic acids is 1. The van der Waals surface area contributed by atoms with E-state index in [0.717, 1.165) is 10.6 Å². The molecule has 0 unspecified atom stereocenters. The Morgan fingerprint density at radius 2 is 2.10 bits per heavy atom. The first-order chi connectivity index (χ1) is 10.0. The molecule has 2 aromatic rings. The van der Waals surface area contributed by atoms with E-state index in [1.54, 1.807) is 10.9 Å². The summed E-state index contributed by atoms with van der Waals surface area (Å²) in [6.45, 7) is 5.20. The largest absolute Gasteiger partial charge is 0.372 e. The lowest BCUT2D eigenvalue weighted by Crippen LogP contribution is -2.48. The highest BCUT2D eigenvalue weighted by Gasteiger charge is 2.28. The minimum absolute atomic E-state index is 0.0246. The van der Waals surface area contributed by atoms with Crippen molar-refractivity contribution in [3.8, 4) is 10.6 Å². The number of thiazole rings is 1. The summed E-state index contributed by atoms with van der Waals surface area (Å²) in [4.78, 5) is 18.8. The first-order valence-electron chi connectivity index (χ1n) is 6.92. The van der Waals surface area contributed by atoms with Gasteiger partial charge in [0, 0.05) is 37.3 Å². The van der Waals surface area contributed by atoms with Crippen molar-refractivity contribution in [3.63, 3.8) is 0 Å². The summed E-state index contributed by atoms with van der Waals surface area (Å²) in [5.41, 5.74) is 1.44. The highest BCUT2D eigenvalue weighted by Crippen LogP contribution is 2.24. The average molecular weight is 306 g/mol. The third kappa shape index (κ3) is 2.98. The Morgan fingerprint density at radius 1 is 1.38 bits per heavy atom. The Kier molecular flexibility index (Phi) is 3.77. The second kappa shape index (κ2) is 5.57. The molecule has 0 aromatic carbocycles. The highest BCUT2D eigenvalue weighted by atomic mass is 32.1. The highest BCUT2D eigenvalue weighted by molar-refractivity contribution is 7.13. The van der Waals surface area contributed by atoms with Gasteiger partial charge in [0.1, 0.15) is 10.7 Å². The summed E-state index contributed by atoms with van der Waals surface area (Å²) in [5, 5.41) is 6.76. The summed E-state index contributed by atoms with van der Waals surface area (Å²) in [5.74, 6) is -0.0246. The van der Waals surface area contributed by atoms with Gasteiger partial charge in [-0.2, -0.15) is 5.10 Å². The molecule has 112 valence electrons. The van der Waals surface area contributed by atoms with Crippen LogP contribution in [0.2, 0.25) is 0 Å². The van der Waals surface area contributed by atoms with Crippen LogP contribution >= 0.6 is 11.3 Å². The molecule has 0 bridgehead atoms. The van der Waals surface area contributed by atoms with Gasteiger partial charge >= 0.3 is 0 Å². The first kappa shape index (κ1) is 14.2. The van der Waals surface area contributed by atoms with Gasteiger partial charge in [-0.15, -0.1) is 11.3 Å². The van der Waals surface area contributed by atoms with Crippen LogP contribution in [0.15, 0.2) is 17.8 Å². The van der Waals surface area contributed by atoms with E-state index in [0.29, 0.717) is 18.8 Å². The van der Waals surface area contributed by atoms with Crippen LogP contribution in [0.5, 0.6) is 0 Å². The van der Waals surface area contributed by atoms with Crippen LogP contribution in [0.4, 0.5) is 0 Å². The van der Waals surface area contributed by atoms with Gasteiger partial charge in [-0.1, -0.05) is 0 Å². The van der Waals surface area contributed by atoms with Gasteiger partial charge in [0.05, 0.1) is 18.4 Å². The number of aryl methyl sites for hydroxylation is 1. The van der Waals surface area contributed by atoms with E-state index in [4.69, 9.17) is 4.74 Å². The summed E-state index contributed by atoms with van der Waals surface area (Å²) in [7, 11) is 1.86. The molecule has 6 nitrogen and oxygen atoms in total. The summed E-state index contributed by atoms with van der Waals surface area (Å²) < 4.78 is 7.38. The van der Waals surface area contributed by atoms with Gasteiger partial charge in [-0.3, -0.25) is 9.48 Å². The standard InChI is InChI=1S/C14H18N4O2S/c1-9-5-18(6-10(2)20-9)14(19)12-8-21-13(16-12)11-4-15-17(3)7-11/h4,7-10H,5-6H2,1-3H3/t9-,10-/m1/s1. The molecule has 0 aliphatic carbocycles. The van der Waals surface area contributed by atoms with Crippen molar-refractivity contribution in [2.75, 3.05) is 13.1 Å². The number of morpholine rings is 1. The third-order valence-electron chi connectivity index (χ3n) is 3.38. The van der Waals surface area contributed by atoms with E-state index in [9.17, 15) is 4.79 Å². The van der Waals surface area contributed by atoms with Crippen molar-refractivity contribution >= 4 is 17.2 Å². The zero-order chi connectivity index (χ0) is 15.0. The average Bonchev–Trinajstić information content (AvgIpc) is 3.05. The topological polar surface area (TPSA) is 60.2 Å². The molecule has 1 amide bonds. The number of ether oxygens (including phenoxy) is 1. The molecule has 1 fully saturated rings. The number of aromatic nitrogens is 3. The normalized spacial score (nSPS) is 22.5. The van der Waals surface area contributed by atoms with Crippen molar-refractivity contribution < 1.29 is 9.53 Å². The molecular weight excluding hydrogens is 288 g/mol. The van der Waals surface area contributed by atoms with E-state index in [2.05, 4.69) is 10.1 Å². The molecule has 3 heterocycles. The van der Waals surface area contributed by atoms with Gasteiger partial charge in [-0.05, 0) is 13.8 Å². The summed E-state index contributed by atoms with van der Waals surface area (Å²) >= 11 is 1.47. The lowest BCUT2D eigenvalue weighted by atomic mass is 10.2. The molecule has 0 N–H and O–H groups in total. The fourth-order valence-corrected chi connectivity index (χ4v) is 3.31. The van der Waals surface area contributed by atoms with E-state index in [1.807, 2.05) is 37.4 Å². The van der Waals surface area contributed by atoms with Crippen LogP contribution < -0.4 is 0 Å². The Hall–Kier alpha value is -1.73. The van der Waals surface area contributed by atoms with Crippen LogP contribution in [-0.2, 0) is 11.8 Å². The predicted octanol–water partition coefficient (Wildman–Crippen LogP) is 1.79. The Balaban J connectivity index is 1.78. The van der Waals surface area contributed by atoms with Crippen LogP contribution in [-0.4, -0.2) is 50.9 Å². The minimum atomic E-state index is -0.0246. The van der Waals surface area contributed by atoms with Crippen LogP contribution in [0.25, 0.3) is 10.6 Å². The zero-order valence-electron chi connectivity index (χ0n) is 12.3. The van der Waals surface area contributed by atoms with Gasteiger partial charge < -0.3 is 9.64 Å². The molecule has 0 radical (unpaired) electrons. The van der Waals surface area contributed by atoms with Crippen LogP contribution in [0, 0.1) is 0 Å². The fourth-order valence-electron chi connectivity index (χ4n) is 2.54. The second-order valence-corrected chi connectivity index (χ2v) is 6.27. The zero-order valence-corrected chi connectivity index (χ0v) is 13.1. The number of hydrogen-bond acceptors (Lipinski definition) is 5. The van der Waals surface area contributed by atoms with Crippen molar-refractivity contribution in [2.24, 2.45) is 7.05 Å². The van der Waals surface area contributed by atoms with Crippen molar-refractivity contribution in [1.29, 1.82) is 0 Å². The van der Waals surface area contributed by atoms with Crippen LogP contribution in [0.1, 0.15) is 24.3 Å². The maximum atomic E-state index is 12.5. The molecule has 1 aliphatic heterocycles. The smallest absolute Gasteiger partial charge is 0.273 e. The Bertz CT molecular complexity index is 641. The molecule has 0 spiro atoms. The van der Waals surface area contributed by atoms with Gasteiger partial charge in [0.25, 0.3) is 5.91 Å². The molecule has 7 heteroatoms. The molecule has 1 aliphatic rings. The maximum Gasteiger partial charge on any atom is 0.273 e. The van der Waals surface area contributed by atoms with Gasteiger partial charge in [0.2, 0.25) is 0 Å². The first-order valence-corrected chi connectivity index (χ1v) is 7.80.